The fourth-order valence-corrected chi connectivity index (χ4v) is 6.08. The van der Waals surface area contributed by atoms with Crippen LogP contribution >= 0.6 is 0 Å². The number of carbonyl (C=O) groups is 1. The highest BCUT2D eigenvalue weighted by Gasteiger charge is 2.38. The second kappa shape index (κ2) is 8.88. The highest BCUT2D eigenvalue weighted by atomic mass is 32.2. The third kappa shape index (κ3) is 4.29. The second-order valence-corrected chi connectivity index (χ2v) is 9.98. The maximum absolute atomic E-state index is 13.0. The van der Waals surface area contributed by atoms with E-state index >= 15 is 0 Å². The second-order valence-electron chi connectivity index (χ2n) is 8.07. The minimum Gasteiger partial charge on any atom is -0.341 e. The zero-order valence-corrected chi connectivity index (χ0v) is 18.2. The number of benzene rings is 2. The average molecular weight is 428 g/mol. The zero-order valence-electron chi connectivity index (χ0n) is 17.4. The number of amides is 1. The van der Waals surface area contributed by atoms with Crippen LogP contribution in [0, 0.1) is 6.92 Å². The number of carbonyl (C=O) groups excluding carboxylic acids is 1. The Labute approximate surface area is 179 Å². The molecule has 7 heteroatoms. The summed E-state index contributed by atoms with van der Waals surface area (Å²) in [6.07, 6.45) is 1.68. The molecule has 2 fully saturated rings. The van der Waals surface area contributed by atoms with Gasteiger partial charge in [0, 0.05) is 39.3 Å². The molecule has 6 nitrogen and oxygen atoms in total. The summed E-state index contributed by atoms with van der Waals surface area (Å²) in [7, 11) is -3.49. The quantitative estimate of drug-likeness (QED) is 0.709. The Balaban J connectivity index is 1.33. The number of hydrogen-bond donors (Lipinski definition) is 0. The van der Waals surface area contributed by atoms with E-state index in [-0.39, 0.29) is 11.9 Å². The number of likely N-dealkylation sites (tertiary alicyclic amines) is 1. The van der Waals surface area contributed by atoms with Crippen LogP contribution in [-0.2, 0) is 21.2 Å². The van der Waals surface area contributed by atoms with Crippen LogP contribution < -0.4 is 0 Å². The van der Waals surface area contributed by atoms with Crippen LogP contribution in [0.3, 0.4) is 0 Å². The third-order valence-electron chi connectivity index (χ3n) is 6.21. The summed E-state index contributed by atoms with van der Waals surface area (Å²) in [6.45, 7) is 5.36. The van der Waals surface area contributed by atoms with E-state index in [2.05, 4.69) is 17.0 Å². The summed E-state index contributed by atoms with van der Waals surface area (Å²) < 4.78 is 27.6. The lowest BCUT2D eigenvalue weighted by Gasteiger charge is -2.36. The van der Waals surface area contributed by atoms with Crippen molar-refractivity contribution in [3.8, 4) is 0 Å². The molecule has 2 heterocycles. The monoisotopic (exact) mass is 427 g/mol. The molecule has 1 unspecified atom stereocenters. The largest absolute Gasteiger partial charge is 0.341 e. The van der Waals surface area contributed by atoms with Gasteiger partial charge in [0.15, 0.2) is 0 Å². The molecule has 4 rings (SSSR count). The Bertz CT molecular complexity index is 986. The van der Waals surface area contributed by atoms with E-state index in [1.165, 1.54) is 5.56 Å². The van der Waals surface area contributed by atoms with E-state index in [0.29, 0.717) is 31.1 Å². The SMILES string of the molecule is Cc1ccccc1S(=O)(=O)N1CCN(C2CCN(CCc3ccccc3)C2=O)CC1. The van der Waals surface area contributed by atoms with Crippen LogP contribution in [0.15, 0.2) is 59.5 Å². The van der Waals surface area contributed by atoms with Gasteiger partial charge in [-0.25, -0.2) is 8.42 Å². The standard InChI is InChI=1S/C23H29N3O3S/c1-19-7-5-6-10-22(19)30(28,29)26-17-15-24(16-18-26)21-12-14-25(23(21)27)13-11-20-8-3-2-4-9-20/h2-10,21H,11-18H2,1H3. The van der Waals surface area contributed by atoms with Gasteiger partial charge in [0.1, 0.15) is 0 Å². The molecule has 2 aliphatic heterocycles. The molecular weight excluding hydrogens is 398 g/mol. The summed E-state index contributed by atoms with van der Waals surface area (Å²) >= 11 is 0. The number of rotatable bonds is 6. The molecule has 0 aromatic heterocycles. The normalized spacial score (nSPS) is 21.3. The zero-order chi connectivity index (χ0) is 21.1. The van der Waals surface area contributed by atoms with Gasteiger partial charge in [0.05, 0.1) is 10.9 Å². The molecule has 160 valence electrons. The van der Waals surface area contributed by atoms with Crippen molar-refractivity contribution in [3.05, 3.63) is 65.7 Å². The van der Waals surface area contributed by atoms with Gasteiger partial charge in [0.2, 0.25) is 15.9 Å². The molecule has 0 bridgehead atoms. The van der Waals surface area contributed by atoms with Crippen LogP contribution in [-0.4, -0.2) is 73.7 Å². The number of hydrogen-bond acceptors (Lipinski definition) is 4. The Hall–Kier alpha value is -2.22. The van der Waals surface area contributed by atoms with Crippen molar-refractivity contribution in [1.82, 2.24) is 14.1 Å². The van der Waals surface area contributed by atoms with E-state index in [9.17, 15) is 13.2 Å². The van der Waals surface area contributed by atoms with E-state index in [1.807, 2.05) is 42.2 Å². The van der Waals surface area contributed by atoms with E-state index < -0.39 is 10.0 Å². The molecule has 2 aliphatic rings. The van der Waals surface area contributed by atoms with E-state index in [0.717, 1.165) is 31.5 Å². The van der Waals surface area contributed by atoms with Gasteiger partial charge in [-0.3, -0.25) is 9.69 Å². The Kier molecular flexibility index (Phi) is 6.22. The summed E-state index contributed by atoms with van der Waals surface area (Å²) in [5.41, 5.74) is 2.00. The van der Waals surface area contributed by atoms with Crippen LogP contribution in [0.4, 0.5) is 0 Å². The predicted molar refractivity (Wildman–Crippen MR) is 117 cm³/mol. The molecule has 0 aliphatic carbocycles. The Morgan fingerprint density at radius 2 is 1.57 bits per heavy atom. The number of piperazine rings is 1. The third-order valence-corrected chi connectivity index (χ3v) is 8.27. The number of nitrogens with zero attached hydrogens (tertiary/aromatic N) is 3. The van der Waals surface area contributed by atoms with Crippen molar-refractivity contribution < 1.29 is 13.2 Å². The van der Waals surface area contributed by atoms with E-state index in [1.54, 1.807) is 16.4 Å². The topological polar surface area (TPSA) is 60.9 Å². The first-order chi connectivity index (χ1) is 14.5. The minimum absolute atomic E-state index is 0.121. The van der Waals surface area contributed by atoms with Crippen molar-refractivity contribution in [2.45, 2.75) is 30.7 Å². The first-order valence-corrected chi connectivity index (χ1v) is 12.0. The molecule has 0 radical (unpaired) electrons. The molecule has 2 saturated heterocycles. The van der Waals surface area contributed by atoms with Gasteiger partial charge in [-0.05, 0) is 37.0 Å². The van der Waals surface area contributed by atoms with Gasteiger partial charge < -0.3 is 4.90 Å². The van der Waals surface area contributed by atoms with Gasteiger partial charge in [-0.2, -0.15) is 4.31 Å². The molecule has 1 amide bonds. The molecule has 0 N–H and O–H groups in total. The first kappa shape index (κ1) is 21.0. The van der Waals surface area contributed by atoms with Gasteiger partial charge in [0.25, 0.3) is 0 Å². The van der Waals surface area contributed by atoms with Crippen LogP contribution in [0.5, 0.6) is 0 Å². The summed E-state index contributed by atoms with van der Waals surface area (Å²) in [5, 5.41) is 0. The lowest BCUT2D eigenvalue weighted by atomic mass is 10.1. The summed E-state index contributed by atoms with van der Waals surface area (Å²) in [5.74, 6) is 0.182. The van der Waals surface area contributed by atoms with Crippen molar-refractivity contribution >= 4 is 15.9 Å². The molecular formula is C23H29N3O3S. The molecule has 2 aromatic carbocycles. The Morgan fingerprint density at radius 1 is 0.900 bits per heavy atom. The van der Waals surface area contributed by atoms with Gasteiger partial charge in [-0.15, -0.1) is 0 Å². The summed E-state index contributed by atoms with van der Waals surface area (Å²) in [6, 6.07) is 17.2. The van der Waals surface area contributed by atoms with Gasteiger partial charge >= 0.3 is 0 Å². The molecule has 2 aromatic rings. The lowest BCUT2D eigenvalue weighted by molar-refractivity contribution is -0.132. The number of aryl methyl sites for hydroxylation is 1. The van der Waals surface area contributed by atoms with Gasteiger partial charge in [-0.1, -0.05) is 48.5 Å². The van der Waals surface area contributed by atoms with Crippen molar-refractivity contribution in [3.63, 3.8) is 0 Å². The minimum atomic E-state index is -3.49. The summed E-state index contributed by atoms with van der Waals surface area (Å²) in [4.78, 5) is 17.4. The number of sulfonamides is 1. The fourth-order valence-electron chi connectivity index (χ4n) is 4.43. The van der Waals surface area contributed by atoms with Crippen LogP contribution in [0.2, 0.25) is 0 Å². The molecule has 0 spiro atoms. The smallest absolute Gasteiger partial charge is 0.243 e. The van der Waals surface area contributed by atoms with Crippen molar-refractivity contribution in [2.75, 3.05) is 39.3 Å². The molecule has 1 atom stereocenters. The van der Waals surface area contributed by atoms with E-state index in [4.69, 9.17) is 0 Å². The average Bonchev–Trinajstić information content (AvgIpc) is 3.13. The highest BCUT2D eigenvalue weighted by Crippen LogP contribution is 2.24. The van der Waals surface area contributed by atoms with Crippen molar-refractivity contribution in [2.24, 2.45) is 0 Å². The van der Waals surface area contributed by atoms with Crippen molar-refractivity contribution in [1.29, 1.82) is 0 Å². The predicted octanol–water partition coefficient (Wildman–Crippen LogP) is 2.14. The maximum Gasteiger partial charge on any atom is 0.243 e. The molecule has 30 heavy (non-hydrogen) atoms. The van der Waals surface area contributed by atoms with Crippen LogP contribution in [0.25, 0.3) is 0 Å². The maximum atomic E-state index is 13.0. The molecule has 0 saturated carbocycles. The lowest BCUT2D eigenvalue weighted by Crippen LogP contribution is -2.53. The Morgan fingerprint density at radius 3 is 2.27 bits per heavy atom. The van der Waals surface area contributed by atoms with Crippen LogP contribution in [0.1, 0.15) is 17.5 Å². The first-order valence-electron chi connectivity index (χ1n) is 10.6. The fraction of sp³-hybridized carbons (Fsp3) is 0.435. The highest BCUT2D eigenvalue weighted by molar-refractivity contribution is 7.89.